The van der Waals surface area contributed by atoms with E-state index in [4.69, 9.17) is 30.1 Å². The van der Waals surface area contributed by atoms with E-state index in [1.807, 2.05) is 45.3 Å². The number of amides is 10. The molecule has 147 heavy (non-hydrogen) atoms. The van der Waals surface area contributed by atoms with Gasteiger partial charge in [-0.3, -0.25) is 35.8 Å². The monoisotopic (exact) mass is 2190 g/mol. The van der Waals surface area contributed by atoms with Crippen LogP contribution in [0.1, 0.15) is 295 Å². The van der Waals surface area contributed by atoms with Crippen molar-refractivity contribution in [2.24, 2.45) is 11.8 Å². The molecule has 10 amide bonds. The van der Waals surface area contributed by atoms with Gasteiger partial charge < -0.3 is 59.3 Å². The molecule has 794 valence electrons. The number of anilines is 4. The number of halogens is 9. The number of ether oxygens (including phenoxy) is 5. The first-order chi connectivity index (χ1) is 70.1. The van der Waals surface area contributed by atoms with Gasteiger partial charge in [-0.15, -0.1) is 97.1 Å². The van der Waals surface area contributed by atoms with Crippen LogP contribution in [0.5, 0.6) is 0 Å². The third-order valence-electron chi connectivity index (χ3n) is 26.6. The minimum Gasteiger partial charge on any atom is -0.462 e. The minimum atomic E-state index is -4.58. The highest BCUT2D eigenvalue weighted by atomic mass is 32.1. The zero-order chi connectivity index (χ0) is 105. The summed E-state index contributed by atoms with van der Waals surface area (Å²) in [5.41, 5.74) is 9.17. The molecule has 27 nitrogen and oxygen atoms in total. The number of esters is 4. The number of aryl methyl sites for hydroxylation is 5. The number of fused-ring (bicyclic) bond motifs is 8. The highest BCUT2D eigenvalue weighted by Crippen LogP contribution is 2.50. The first kappa shape index (κ1) is 111. The second-order valence-electron chi connectivity index (χ2n) is 38.7. The lowest BCUT2D eigenvalue weighted by Crippen LogP contribution is -2.38. The topological polar surface area (TPSA) is 328 Å². The Labute approximate surface area is 878 Å². The predicted molar refractivity (Wildman–Crippen MR) is 553 cm³/mol. The van der Waals surface area contributed by atoms with Gasteiger partial charge in [0.15, 0.2) is 0 Å². The number of aromatic nitrogens is 1. The number of alkyl halides is 9. The molecule has 0 bridgehead atoms. The standard InChI is InChI=1S/C29H34N4O3S2.2C25H30F3N3O4S2.C24H27F3N2O4S2/c1-5-13-32-16-12-19-21(26(38-23(19)18-32)33-14-8-9-15-33)17-30-28(35)31-25-24(27(34)36-29(2,3)4)20-10-6-7-11-22(20)37-25;2*1-4-35-23(33)19-15-7-5-6-8-17(15)37-21(19)30-24(34)29-11-16-14-9-10-31(22(32)13(2)3)12-18(14)36-20(16)25(26,27)28;25-24(26,27)20-16(14-5-1-3-7-17(14)34-20)11-28-23(31)29-21-19(15-6-2-4-8-18(15)35-21)22(30)33-13-9-10-32-12-13/h1,8-9,14-15H,6-7,10-13,16-18H2,2-4H3,(H2,30,31,35);2*13H,4-12H2,1-3H3,(H2,29,30,34);13H,1-12H2,(H2,28,29,31). The number of carbonyl (C=O) groups excluding carboxylic acids is 10. The third kappa shape index (κ3) is 26.6. The van der Waals surface area contributed by atoms with Crippen molar-refractivity contribution in [3.05, 3.63) is 167 Å². The van der Waals surface area contributed by atoms with Crippen molar-refractivity contribution < 1.29 is 111 Å². The zero-order valence-electron chi connectivity index (χ0n) is 83.3. The van der Waals surface area contributed by atoms with Crippen molar-refractivity contribution in [1.82, 2.24) is 40.5 Å². The highest BCUT2D eigenvalue weighted by molar-refractivity contribution is 7.18. The number of rotatable bonds is 23. The fraction of sp³-hybridized carbons (Fsp3) is 0.534. The van der Waals surface area contributed by atoms with Crippen molar-refractivity contribution in [2.45, 2.75) is 292 Å². The molecule has 9 aromatic heterocycles. The smallest absolute Gasteiger partial charge is 0.425 e. The van der Waals surface area contributed by atoms with Crippen molar-refractivity contribution >= 4 is 171 Å². The number of terminal acetylenes is 1. The van der Waals surface area contributed by atoms with Gasteiger partial charge in [-0.05, 0) is 256 Å². The fourth-order valence-electron chi connectivity index (χ4n) is 19.9. The molecule has 1 atom stereocenters. The van der Waals surface area contributed by atoms with Crippen LogP contribution in [0.4, 0.5) is 78.7 Å². The van der Waals surface area contributed by atoms with E-state index in [9.17, 15) is 87.5 Å². The quantitative estimate of drug-likeness (QED) is 0.0128. The van der Waals surface area contributed by atoms with Gasteiger partial charge in [0.05, 0.1) is 68.3 Å². The van der Waals surface area contributed by atoms with Crippen LogP contribution in [0.3, 0.4) is 0 Å². The molecule has 0 aromatic carbocycles. The second-order valence-corrected chi connectivity index (χ2v) is 47.6. The Bertz CT molecular complexity index is 6220. The first-order valence-electron chi connectivity index (χ1n) is 49.8. The van der Waals surface area contributed by atoms with Gasteiger partial charge in [0.1, 0.15) is 51.3 Å². The van der Waals surface area contributed by atoms with Gasteiger partial charge in [-0.1, -0.05) is 33.6 Å². The molecule has 0 saturated carbocycles. The lowest BCUT2D eigenvalue weighted by atomic mass is 9.94. The molecule has 5 aliphatic carbocycles. The molecule has 9 aliphatic rings. The molecule has 1 saturated heterocycles. The van der Waals surface area contributed by atoms with Crippen LogP contribution in [-0.2, 0) is 181 Å². The van der Waals surface area contributed by atoms with E-state index in [-0.39, 0.29) is 104 Å². The van der Waals surface area contributed by atoms with E-state index in [2.05, 4.69) is 57.9 Å². The average Bonchev–Trinajstić information content (AvgIpc) is 1.61. The molecule has 18 rings (SSSR count). The summed E-state index contributed by atoms with van der Waals surface area (Å²) in [7, 11) is 0. The maximum Gasteiger partial charge on any atom is 0.425 e. The highest BCUT2D eigenvalue weighted by Gasteiger charge is 2.45. The second kappa shape index (κ2) is 48.3. The molecule has 1 unspecified atom stereocenters. The summed E-state index contributed by atoms with van der Waals surface area (Å²) in [4.78, 5) is 138. The number of hydrogen-bond donors (Lipinski definition) is 8. The van der Waals surface area contributed by atoms with Crippen LogP contribution >= 0.6 is 90.7 Å². The summed E-state index contributed by atoms with van der Waals surface area (Å²) in [6.07, 6.45) is 15.1. The Morgan fingerprint density at radius 1 is 0.415 bits per heavy atom. The summed E-state index contributed by atoms with van der Waals surface area (Å²) < 4.78 is 153. The summed E-state index contributed by atoms with van der Waals surface area (Å²) in [5.74, 6) is 0.207. The number of carbonyl (C=O) groups is 10. The fourth-order valence-corrected chi connectivity index (χ4v) is 30.1. The zero-order valence-corrected chi connectivity index (χ0v) is 89.8. The van der Waals surface area contributed by atoms with Gasteiger partial charge in [-0.25, -0.2) is 38.4 Å². The van der Waals surface area contributed by atoms with Gasteiger partial charge >= 0.3 is 66.5 Å². The van der Waals surface area contributed by atoms with Crippen molar-refractivity contribution in [3.8, 4) is 17.3 Å². The van der Waals surface area contributed by atoms with E-state index < -0.39 is 74.8 Å². The lowest BCUT2D eigenvalue weighted by Gasteiger charge is -2.29. The lowest BCUT2D eigenvalue weighted by molar-refractivity contribution is -0.136. The Morgan fingerprint density at radius 2 is 0.741 bits per heavy atom. The van der Waals surface area contributed by atoms with Crippen LogP contribution < -0.4 is 42.5 Å². The molecule has 4 aliphatic heterocycles. The molecular formula is C103H121F9N12O15S8. The van der Waals surface area contributed by atoms with Crippen LogP contribution in [0.15, 0.2) is 24.5 Å². The third-order valence-corrected chi connectivity index (χ3v) is 36.7. The first-order valence-corrected chi connectivity index (χ1v) is 56.3. The predicted octanol–water partition coefficient (Wildman–Crippen LogP) is 23.1. The number of nitrogens with zero attached hydrogens (tertiary/aromatic N) is 4. The summed E-state index contributed by atoms with van der Waals surface area (Å²) in [5, 5.41) is 24.7. The largest absolute Gasteiger partial charge is 0.462 e. The molecule has 13 heterocycles. The number of hydrogen-bond acceptors (Lipinski definition) is 24. The molecule has 1 fully saturated rings. The van der Waals surface area contributed by atoms with Crippen LogP contribution in [0.2, 0.25) is 0 Å². The van der Waals surface area contributed by atoms with Gasteiger partial charge in [0.25, 0.3) is 0 Å². The van der Waals surface area contributed by atoms with E-state index >= 15 is 0 Å². The van der Waals surface area contributed by atoms with E-state index in [0.717, 1.165) is 204 Å². The van der Waals surface area contributed by atoms with Crippen LogP contribution in [0.25, 0.3) is 5.00 Å². The van der Waals surface area contributed by atoms with Gasteiger partial charge in [0, 0.05) is 128 Å². The summed E-state index contributed by atoms with van der Waals surface area (Å²) >= 11 is 9.31. The Balaban J connectivity index is 0.000000147. The molecule has 0 radical (unpaired) electrons. The molecule has 9 aromatic rings. The Kier molecular flexibility index (Phi) is 36.4. The van der Waals surface area contributed by atoms with Crippen LogP contribution in [0, 0.1) is 24.2 Å². The van der Waals surface area contributed by atoms with Crippen molar-refractivity contribution in [2.75, 3.05) is 73.9 Å². The van der Waals surface area contributed by atoms with E-state index in [0.29, 0.717) is 157 Å². The van der Waals surface area contributed by atoms with Crippen molar-refractivity contribution in [1.29, 1.82) is 0 Å². The molecule has 8 N–H and O–H groups in total. The summed E-state index contributed by atoms with van der Waals surface area (Å²) in [6, 6.07) is 1.67. The maximum absolute atomic E-state index is 13.9. The van der Waals surface area contributed by atoms with E-state index in [1.54, 1.807) is 62.7 Å². The Morgan fingerprint density at radius 3 is 1.10 bits per heavy atom. The normalized spacial score (nSPS) is 16.3. The number of urea groups is 4. The molecule has 0 spiro atoms. The molecular weight excluding hydrogens is 2070 g/mol. The number of thiophene rings is 8. The van der Waals surface area contributed by atoms with Gasteiger partial charge in [-0.2, -0.15) is 39.5 Å². The van der Waals surface area contributed by atoms with Crippen LogP contribution in [-0.4, -0.2) is 143 Å². The number of nitrogens with one attached hydrogen (secondary N) is 8. The Hall–Kier alpha value is -10.4. The minimum absolute atomic E-state index is 0.0374. The maximum atomic E-state index is 13.9. The van der Waals surface area contributed by atoms with E-state index in [1.165, 1.54) is 60.7 Å². The molecule has 44 heteroatoms. The SMILES string of the molecule is C#CCN1CCc2c(sc(-n3cccc3)c2CNC(=O)Nc2sc3c(c2C(=O)OC(C)(C)C)CCCC3)C1.CCOC(=O)c1c(NC(=O)NCc2c(C(F)(F)F)sc3c2CCN(C(=O)C(C)C)C3)sc2c1CCCC2.CCOC(=O)c1c(NC(=O)NCc2c(C(F)(F)F)sc3c2CCN(C(=O)C(C)C)C3)sc2c1CCCC2.O=C(NCc1c(C(F)(F)F)sc2c1CCCC2)Nc1sc2c(c1C(=O)OC1CCOC1)CCCC2. The van der Waals surface area contributed by atoms with Gasteiger partial charge in [0.2, 0.25) is 11.8 Å². The average molecular weight is 2190 g/mol. The van der Waals surface area contributed by atoms with Crippen molar-refractivity contribution in [3.63, 3.8) is 0 Å². The summed E-state index contributed by atoms with van der Waals surface area (Å²) in [6.45, 7) is 20.2.